The van der Waals surface area contributed by atoms with E-state index in [-0.39, 0.29) is 11.5 Å². The largest absolute Gasteiger partial charge is 0.393 e. The maximum atomic E-state index is 12.1. The van der Waals surface area contributed by atoms with Crippen LogP contribution in [0.2, 0.25) is 0 Å². The van der Waals surface area contributed by atoms with E-state index in [1.807, 2.05) is 6.92 Å². The molecule has 0 aliphatic heterocycles. The van der Waals surface area contributed by atoms with Crippen LogP contribution in [-0.2, 0) is 14.8 Å². The first-order chi connectivity index (χ1) is 9.39. The van der Waals surface area contributed by atoms with Gasteiger partial charge in [-0.3, -0.25) is 0 Å². The van der Waals surface area contributed by atoms with Crippen molar-refractivity contribution in [1.29, 1.82) is 0 Å². The fourth-order valence-electron chi connectivity index (χ4n) is 1.57. The Balaban J connectivity index is 2.73. The van der Waals surface area contributed by atoms with Crippen molar-refractivity contribution in [3.8, 4) is 0 Å². The van der Waals surface area contributed by atoms with Crippen LogP contribution in [0.15, 0.2) is 41.3 Å². The van der Waals surface area contributed by atoms with E-state index in [4.69, 9.17) is 9.84 Å². The number of hydrogen-bond acceptors (Lipinski definition) is 4. The summed E-state index contributed by atoms with van der Waals surface area (Å²) in [5, 5.41) is 8.96. The second kappa shape index (κ2) is 7.54. The lowest BCUT2D eigenvalue weighted by molar-refractivity contribution is 0.0817. The van der Waals surface area contributed by atoms with E-state index in [1.165, 1.54) is 7.11 Å². The highest BCUT2D eigenvalue weighted by molar-refractivity contribution is 7.89. The fraction of sp³-hybridized carbons (Fsp3) is 0.429. The minimum Gasteiger partial charge on any atom is -0.393 e. The standard InChI is InChI=1S/C14H21NO4S/c1-11-4-8-14(9-5-11)20(17,18)15-12(2)6-7-13(10-16)19-3/h4-9,12-13,15-16H,10H2,1-3H3/b7-6+/t12-,13+/m1/s1. The van der Waals surface area contributed by atoms with Gasteiger partial charge in [-0.2, -0.15) is 0 Å². The van der Waals surface area contributed by atoms with Crippen molar-refractivity contribution < 1.29 is 18.3 Å². The average molecular weight is 299 g/mol. The van der Waals surface area contributed by atoms with Gasteiger partial charge in [0.15, 0.2) is 0 Å². The maximum absolute atomic E-state index is 12.1. The monoisotopic (exact) mass is 299 g/mol. The summed E-state index contributed by atoms with van der Waals surface area (Å²) in [5.41, 5.74) is 1.00. The number of aryl methyl sites for hydroxylation is 1. The molecule has 2 N–H and O–H groups in total. The predicted molar refractivity (Wildman–Crippen MR) is 78.0 cm³/mol. The number of aliphatic hydroxyl groups is 1. The molecule has 0 radical (unpaired) electrons. The first-order valence-corrected chi connectivity index (χ1v) is 7.78. The molecule has 0 saturated carbocycles. The molecule has 0 spiro atoms. The van der Waals surface area contributed by atoms with Gasteiger partial charge >= 0.3 is 0 Å². The number of ether oxygens (including phenoxy) is 1. The van der Waals surface area contributed by atoms with Crippen molar-refractivity contribution in [3.05, 3.63) is 42.0 Å². The van der Waals surface area contributed by atoms with Gasteiger partial charge in [-0.15, -0.1) is 0 Å². The van der Waals surface area contributed by atoms with Crippen LogP contribution in [0.3, 0.4) is 0 Å². The Labute approximate surface area is 120 Å². The molecule has 1 aromatic carbocycles. The zero-order valence-corrected chi connectivity index (χ0v) is 12.7. The van der Waals surface area contributed by atoms with Gasteiger partial charge in [0.05, 0.1) is 17.6 Å². The van der Waals surface area contributed by atoms with Gasteiger partial charge in [-0.1, -0.05) is 29.8 Å². The van der Waals surface area contributed by atoms with Crippen LogP contribution in [0.5, 0.6) is 0 Å². The SMILES string of the molecule is CO[C@@H](/C=C/[C@@H](C)NS(=O)(=O)c1ccc(C)cc1)CO. The Kier molecular flexibility index (Phi) is 6.35. The van der Waals surface area contributed by atoms with Crippen LogP contribution in [0, 0.1) is 6.92 Å². The predicted octanol–water partition coefficient (Wildman–Crippen LogP) is 1.23. The number of nitrogens with one attached hydrogen (secondary N) is 1. The molecule has 0 aliphatic carbocycles. The van der Waals surface area contributed by atoms with Gasteiger partial charge in [0, 0.05) is 13.2 Å². The number of benzene rings is 1. The van der Waals surface area contributed by atoms with Crippen molar-refractivity contribution in [1.82, 2.24) is 4.72 Å². The molecule has 5 nitrogen and oxygen atoms in total. The van der Waals surface area contributed by atoms with Crippen molar-refractivity contribution >= 4 is 10.0 Å². The van der Waals surface area contributed by atoms with Crippen LogP contribution in [0.25, 0.3) is 0 Å². The maximum Gasteiger partial charge on any atom is 0.241 e. The molecule has 0 bridgehead atoms. The lowest BCUT2D eigenvalue weighted by Gasteiger charge is -2.12. The Morgan fingerprint density at radius 3 is 2.40 bits per heavy atom. The summed E-state index contributed by atoms with van der Waals surface area (Å²) in [6.45, 7) is 3.46. The van der Waals surface area contributed by atoms with E-state index >= 15 is 0 Å². The number of rotatable bonds is 7. The van der Waals surface area contributed by atoms with E-state index in [2.05, 4.69) is 4.72 Å². The highest BCUT2D eigenvalue weighted by atomic mass is 32.2. The fourth-order valence-corrected chi connectivity index (χ4v) is 2.77. The Morgan fingerprint density at radius 2 is 1.90 bits per heavy atom. The molecule has 0 aromatic heterocycles. The second-order valence-corrected chi connectivity index (χ2v) is 6.28. The van der Waals surface area contributed by atoms with Gasteiger partial charge in [0.1, 0.15) is 0 Å². The summed E-state index contributed by atoms with van der Waals surface area (Å²) in [4.78, 5) is 0.230. The van der Waals surface area contributed by atoms with E-state index in [0.29, 0.717) is 0 Å². The third-order valence-corrected chi connectivity index (χ3v) is 4.34. The zero-order valence-electron chi connectivity index (χ0n) is 11.9. The molecular formula is C14H21NO4S. The Morgan fingerprint density at radius 1 is 1.30 bits per heavy atom. The molecule has 1 rings (SSSR count). The molecule has 0 saturated heterocycles. The second-order valence-electron chi connectivity index (χ2n) is 4.56. The first-order valence-electron chi connectivity index (χ1n) is 6.30. The molecule has 2 atom stereocenters. The molecular weight excluding hydrogens is 278 g/mol. The van der Waals surface area contributed by atoms with Crippen LogP contribution in [0.1, 0.15) is 12.5 Å². The molecule has 6 heteroatoms. The van der Waals surface area contributed by atoms with Gasteiger partial charge < -0.3 is 9.84 Å². The van der Waals surface area contributed by atoms with Crippen molar-refractivity contribution in [3.63, 3.8) is 0 Å². The average Bonchev–Trinajstić information content (AvgIpc) is 2.39. The summed E-state index contributed by atoms with van der Waals surface area (Å²) in [6, 6.07) is 6.24. The topological polar surface area (TPSA) is 75.6 Å². The minimum atomic E-state index is -3.54. The third kappa shape index (κ3) is 5.05. The normalized spacial score (nSPS) is 15.4. The van der Waals surface area contributed by atoms with Crippen LogP contribution >= 0.6 is 0 Å². The summed E-state index contributed by atoms with van der Waals surface area (Å²) in [7, 11) is -2.06. The smallest absolute Gasteiger partial charge is 0.241 e. The van der Waals surface area contributed by atoms with E-state index < -0.39 is 22.2 Å². The molecule has 0 fully saturated rings. The Hall–Kier alpha value is -1.21. The molecule has 1 aromatic rings. The van der Waals surface area contributed by atoms with Gasteiger partial charge in [-0.25, -0.2) is 13.1 Å². The number of sulfonamides is 1. The van der Waals surface area contributed by atoms with E-state index in [1.54, 1.807) is 43.3 Å². The molecule has 0 aliphatic rings. The van der Waals surface area contributed by atoms with Crippen LogP contribution < -0.4 is 4.72 Å². The quantitative estimate of drug-likeness (QED) is 0.742. The summed E-state index contributed by atoms with van der Waals surface area (Å²) in [5.74, 6) is 0. The van der Waals surface area contributed by atoms with Crippen molar-refractivity contribution in [2.75, 3.05) is 13.7 Å². The third-order valence-electron chi connectivity index (χ3n) is 2.77. The highest BCUT2D eigenvalue weighted by Gasteiger charge is 2.15. The van der Waals surface area contributed by atoms with Gasteiger partial charge in [0.2, 0.25) is 10.0 Å². The highest BCUT2D eigenvalue weighted by Crippen LogP contribution is 2.10. The molecule has 112 valence electrons. The number of hydrogen-bond donors (Lipinski definition) is 2. The van der Waals surface area contributed by atoms with E-state index in [0.717, 1.165) is 5.56 Å². The summed E-state index contributed by atoms with van der Waals surface area (Å²) < 4.78 is 31.7. The molecule has 0 amide bonds. The lowest BCUT2D eigenvalue weighted by atomic mass is 10.2. The van der Waals surface area contributed by atoms with E-state index in [9.17, 15) is 8.42 Å². The van der Waals surface area contributed by atoms with Crippen molar-refractivity contribution in [2.24, 2.45) is 0 Å². The minimum absolute atomic E-state index is 0.148. The number of aliphatic hydroxyl groups excluding tert-OH is 1. The Bertz CT molecular complexity index is 533. The first kappa shape index (κ1) is 16.8. The molecule has 0 heterocycles. The molecule has 0 unspecified atom stereocenters. The van der Waals surface area contributed by atoms with Gasteiger partial charge in [0.25, 0.3) is 0 Å². The zero-order chi connectivity index (χ0) is 15.2. The molecule has 20 heavy (non-hydrogen) atoms. The van der Waals surface area contributed by atoms with Gasteiger partial charge in [-0.05, 0) is 26.0 Å². The van der Waals surface area contributed by atoms with Crippen molar-refractivity contribution in [2.45, 2.75) is 30.9 Å². The summed E-state index contributed by atoms with van der Waals surface area (Å²) >= 11 is 0. The van der Waals surface area contributed by atoms with Crippen LogP contribution in [-0.4, -0.2) is 39.4 Å². The van der Waals surface area contributed by atoms with Crippen LogP contribution in [0.4, 0.5) is 0 Å². The number of methoxy groups -OCH3 is 1. The summed E-state index contributed by atoms with van der Waals surface area (Å²) in [6.07, 6.45) is 2.85. The lowest BCUT2D eigenvalue weighted by Crippen LogP contribution is -2.31.